The molecule has 0 aliphatic carbocycles. The zero-order valence-corrected chi connectivity index (χ0v) is 17.5. The SMILES string of the molecule is Cc1ccccc1OC[C@H](C)NC(=O)CN(c1cccc(C(F)(F)F)c1)S(C)(=O)=O. The Labute approximate surface area is 173 Å². The van der Waals surface area contributed by atoms with E-state index in [9.17, 15) is 26.4 Å². The third-order valence-corrected chi connectivity index (χ3v) is 5.28. The Morgan fingerprint density at radius 1 is 1.17 bits per heavy atom. The molecular weight excluding hydrogens is 421 g/mol. The maximum Gasteiger partial charge on any atom is 0.416 e. The molecule has 0 aliphatic heterocycles. The van der Waals surface area contributed by atoms with Gasteiger partial charge >= 0.3 is 6.18 Å². The molecule has 2 rings (SSSR count). The number of nitrogens with zero attached hydrogens (tertiary/aromatic N) is 1. The van der Waals surface area contributed by atoms with Gasteiger partial charge in [0, 0.05) is 0 Å². The third kappa shape index (κ3) is 6.65. The Morgan fingerprint density at radius 2 is 1.83 bits per heavy atom. The largest absolute Gasteiger partial charge is 0.491 e. The molecule has 0 aromatic heterocycles. The second kappa shape index (κ2) is 9.38. The lowest BCUT2D eigenvalue weighted by Crippen LogP contribution is -2.45. The minimum absolute atomic E-state index is 0.138. The van der Waals surface area contributed by atoms with E-state index in [1.54, 1.807) is 13.0 Å². The van der Waals surface area contributed by atoms with E-state index >= 15 is 0 Å². The van der Waals surface area contributed by atoms with Crippen LogP contribution in [0.5, 0.6) is 5.75 Å². The van der Waals surface area contributed by atoms with Crippen LogP contribution in [0.3, 0.4) is 0 Å². The lowest BCUT2D eigenvalue weighted by Gasteiger charge is -2.24. The van der Waals surface area contributed by atoms with E-state index in [1.165, 1.54) is 6.07 Å². The van der Waals surface area contributed by atoms with Crippen LogP contribution in [0.4, 0.5) is 18.9 Å². The molecule has 2 aromatic rings. The number of hydrogen-bond acceptors (Lipinski definition) is 4. The number of benzene rings is 2. The number of halogens is 3. The van der Waals surface area contributed by atoms with Crippen molar-refractivity contribution in [3.05, 3.63) is 59.7 Å². The first-order valence-electron chi connectivity index (χ1n) is 9.00. The zero-order valence-electron chi connectivity index (χ0n) is 16.7. The van der Waals surface area contributed by atoms with Crippen molar-refractivity contribution < 1.29 is 31.1 Å². The number of sulfonamides is 1. The molecular formula is C20H23F3N2O4S. The van der Waals surface area contributed by atoms with E-state index in [1.807, 2.05) is 25.1 Å². The Hall–Kier alpha value is -2.75. The van der Waals surface area contributed by atoms with Crippen molar-refractivity contribution in [2.75, 3.05) is 23.7 Å². The van der Waals surface area contributed by atoms with Crippen LogP contribution < -0.4 is 14.4 Å². The van der Waals surface area contributed by atoms with Crippen molar-refractivity contribution >= 4 is 21.6 Å². The molecule has 1 amide bonds. The minimum Gasteiger partial charge on any atom is -0.491 e. The van der Waals surface area contributed by atoms with Gasteiger partial charge in [-0.05, 0) is 43.7 Å². The summed E-state index contributed by atoms with van der Waals surface area (Å²) >= 11 is 0. The molecule has 6 nitrogen and oxygen atoms in total. The van der Waals surface area contributed by atoms with Gasteiger partial charge in [-0.25, -0.2) is 8.42 Å². The molecule has 30 heavy (non-hydrogen) atoms. The summed E-state index contributed by atoms with van der Waals surface area (Å²) < 4.78 is 69.3. The van der Waals surface area contributed by atoms with Crippen LogP contribution in [0.25, 0.3) is 0 Å². The van der Waals surface area contributed by atoms with Gasteiger partial charge in [-0.1, -0.05) is 24.3 Å². The number of carbonyl (C=O) groups is 1. The maximum atomic E-state index is 13.0. The van der Waals surface area contributed by atoms with Crippen LogP contribution in [0.1, 0.15) is 18.1 Å². The minimum atomic E-state index is -4.64. The van der Waals surface area contributed by atoms with E-state index < -0.39 is 40.3 Å². The molecule has 0 radical (unpaired) electrons. The van der Waals surface area contributed by atoms with Gasteiger partial charge in [-0.2, -0.15) is 13.2 Å². The summed E-state index contributed by atoms with van der Waals surface area (Å²) in [7, 11) is -4.00. The molecule has 1 atom stereocenters. The van der Waals surface area contributed by atoms with Gasteiger partial charge in [0.1, 0.15) is 18.9 Å². The summed E-state index contributed by atoms with van der Waals surface area (Å²) in [5, 5.41) is 2.59. The monoisotopic (exact) mass is 444 g/mol. The van der Waals surface area contributed by atoms with Gasteiger partial charge in [0.05, 0.1) is 23.5 Å². The molecule has 0 unspecified atom stereocenters. The molecule has 0 spiro atoms. The highest BCUT2D eigenvalue weighted by atomic mass is 32.2. The number of hydrogen-bond donors (Lipinski definition) is 1. The van der Waals surface area contributed by atoms with Crippen LogP contribution in [0.15, 0.2) is 48.5 Å². The highest BCUT2D eigenvalue weighted by Gasteiger charge is 2.32. The second-order valence-corrected chi connectivity index (χ2v) is 8.77. The average molecular weight is 444 g/mol. The fourth-order valence-electron chi connectivity index (χ4n) is 2.66. The molecule has 0 aliphatic rings. The molecule has 0 saturated carbocycles. The van der Waals surface area contributed by atoms with Gasteiger partial charge in [0.25, 0.3) is 0 Å². The van der Waals surface area contributed by atoms with Crippen molar-refractivity contribution in [3.8, 4) is 5.75 Å². The Kier molecular flexibility index (Phi) is 7.35. The average Bonchev–Trinajstić information content (AvgIpc) is 2.64. The van der Waals surface area contributed by atoms with Gasteiger partial charge < -0.3 is 10.1 Å². The summed E-state index contributed by atoms with van der Waals surface area (Å²) in [4.78, 5) is 12.3. The Balaban J connectivity index is 2.07. The quantitative estimate of drug-likeness (QED) is 0.678. The van der Waals surface area contributed by atoms with E-state index in [4.69, 9.17) is 4.74 Å². The van der Waals surface area contributed by atoms with E-state index in [0.717, 1.165) is 24.0 Å². The van der Waals surface area contributed by atoms with Crippen molar-refractivity contribution in [2.45, 2.75) is 26.1 Å². The van der Waals surface area contributed by atoms with Crippen molar-refractivity contribution in [2.24, 2.45) is 0 Å². The molecule has 0 bridgehead atoms. The van der Waals surface area contributed by atoms with Gasteiger partial charge in [-0.3, -0.25) is 9.10 Å². The summed E-state index contributed by atoms with van der Waals surface area (Å²) in [6, 6.07) is 10.7. The molecule has 0 heterocycles. The number of anilines is 1. The summed E-state index contributed by atoms with van der Waals surface area (Å²) in [6.45, 7) is 3.02. The Morgan fingerprint density at radius 3 is 2.43 bits per heavy atom. The van der Waals surface area contributed by atoms with Crippen LogP contribution in [-0.4, -0.2) is 39.8 Å². The predicted molar refractivity (Wildman–Crippen MR) is 108 cm³/mol. The number of alkyl halides is 3. The van der Waals surface area contributed by atoms with Crippen LogP contribution in [0, 0.1) is 6.92 Å². The standard InChI is InChI=1S/C20H23F3N2O4S/c1-14-7-4-5-10-18(14)29-13-15(2)24-19(26)12-25(30(3,27)28)17-9-6-8-16(11-17)20(21,22)23/h4-11,15H,12-13H2,1-3H3,(H,24,26)/t15-/m0/s1. The summed E-state index contributed by atoms with van der Waals surface area (Å²) in [6.07, 6.45) is -3.81. The molecule has 0 fully saturated rings. The van der Waals surface area contributed by atoms with Crippen molar-refractivity contribution in [3.63, 3.8) is 0 Å². The molecule has 2 aromatic carbocycles. The second-order valence-electron chi connectivity index (χ2n) is 6.86. The molecule has 1 N–H and O–H groups in total. The van der Waals surface area contributed by atoms with E-state index in [0.29, 0.717) is 16.1 Å². The molecule has 10 heteroatoms. The van der Waals surface area contributed by atoms with Crippen molar-refractivity contribution in [1.29, 1.82) is 0 Å². The lowest BCUT2D eigenvalue weighted by atomic mass is 10.2. The van der Waals surface area contributed by atoms with Gasteiger partial charge in [0.15, 0.2) is 0 Å². The van der Waals surface area contributed by atoms with Crippen LogP contribution in [-0.2, 0) is 21.0 Å². The first-order chi connectivity index (χ1) is 13.9. The summed E-state index contributed by atoms with van der Waals surface area (Å²) in [5.41, 5.74) is -0.329. The smallest absolute Gasteiger partial charge is 0.416 e. The fourth-order valence-corrected chi connectivity index (χ4v) is 3.51. The normalized spacial score (nSPS) is 12.9. The molecule has 164 valence electrons. The third-order valence-electron chi connectivity index (χ3n) is 4.14. The van der Waals surface area contributed by atoms with Gasteiger partial charge in [-0.15, -0.1) is 0 Å². The number of ether oxygens (including phenoxy) is 1. The first kappa shape index (κ1) is 23.5. The number of carbonyl (C=O) groups excluding carboxylic acids is 1. The highest BCUT2D eigenvalue weighted by Crippen LogP contribution is 2.32. The number of nitrogens with one attached hydrogen (secondary N) is 1. The zero-order chi connectivity index (χ0) is 22.5. The van der Waals surface area contributed by atoms with E-state index in [2.05, 4.69) is 5.32 Å². The Bertz CT molecular complexity index is 994. The predicted octanol–water partition coefficient (Wildman–Crippen LogP) is 3.36. The van der Waals surface area contributed by atoms with Crippen LogP contribution >= 0.6 is 0 Å². The molecule has 0 saturated heterocycles. The fraction of sp³-hybridized carbons (Fsp3) is 0.350. The first-order valence-corrected chi connectivity index (χ1v) is 10.9. The van der Waals surface area contributed by atoms with Crippen molar-refractivity contribution in [1.82, 2.24) is 5.32 Å². The maximum absolute atomic E-state index is 13.0. The summed E-state index contributed by atoms with van der Waals surface area (Å²) in [5.74, 6) is -0.0148. The highest BCUT2D eigenvalue weighted by molar-refractivity contribution is 7.92. The number of rotatable bonds is 8. The number of aryl methyl sites for hydroxylation is 1. The van der Waals surface area contributed by atoms with Crippen LogP contribution in [0.2, 0.25) is 0 Å². The topological polar surface area (TPSA) is 75.7 Å². The van der Waals surface area contributed by atoms with Gasteiger partial charge in [0.2, 0.25) is 15.9 Å². The lowest BCUT2D eigenvalue weighted by molar-refractivity contribution is -0.137. The van der Waals surface area contributed by atoms with E-state index in [-0.39, 0.29) is 12.3 Å². The number of amides is 1. The number of para-hydroxylation sites is 1.